The Balaban J connectivity index is 2.50. The summed E-state index contributed by atoms with van der Waals surface area (Å²) in [5.74, 6) is 0.569. The first-order valence-corrected chi connectivity index (χ1v) is 5.72. The SMILES string of the molecule is CC(CC1CCCCC1)N(N=[N+]=[N-])C(=O)O. The van der Waals surface area contributed by atoms with Crippen molar-refractivity contribution in [2.45, 2.75) is 51.5 Å². The molecule has 0 heterocycles. The first-order valence-electron chi connectivity index (χ1n) is 5.72. The number of nitrogens with zero attached hydrogens (tertiary/aromatic N) is 4. The van der Waals surface area contributed by atoms with Crippen LogP contribution in [0.5, 0.6) is 0 Å². The Morgan fingerprint density at radius 3 is 2.69 bits per heavy atom. The van der Waals surface area contributed by atoms with Gasteiger partial charge in [-0.3, -0.25) is 0 Å². The molecule has 0 spiro atoms. The lowest BCUT2D eigenvalue weighted by Crippen LogP contribution is -2.34. The average Bonchev–Trinajstić information content (AvgIpc) is 2.26. The van der Waals surface area contributed by atoms with Gasteiger partial charge in [0.25, 0.3) is 0 Å². The summed E-state index contributed by atoms with van der Waals surface area (Å²) in [6.07, 6.45) is 5.66. The van der Waals surface area contributed by atoms with Crippen molar-refractivity contribution in [3.05, 3.63) is 10.4 Å². The summed E-state index contributed by atoms with van der Waals surface area (Å²) >= 11 is 0. The Morgan fingerprint density at radius 2 is 2.19 bits per heavy atom. The third-order valence-electron chi connectivity index (χ3n) is 3.15. The third-order valence-corrected chi connectivity index (χ3v) is 3.15. The van der Waals surface area contributed by atoms with Crippen LogP contribution in [-0.2, 0) is 0 Å². The van der Waals surface area contributed by atoms with Crippen LogP contribution in [0.3, 0.4) is 0 Å². The Labute approximate surface area is 94.8 Å². The van der Waals surface area contributed by atoms with Crippen molar-refractivity contribution < 1.29 is 9.90 Å². The fraction of sp³-hybridized carbons (Fsp3) is 0.900. The summed E-state index contributed by atoms with van der Waals surface area (Å²) in [4.78, 5) is 13.4. The Hall–Kier alpha value is -1.42. The first kappa shape index (κ1) is 12.6. The molecule has 0 aromatic heterocycles. The smallest absolute Gasteiger partial charge is 0.446 e. The molecule has 1 aliphatic carbocycles. The van der Waals surface area contributed by atoms with E-state index in [1.807, 2.05) is 0 Å². The number of rotatable bonds is 4. The molecule has 0 aromatic carbocycles. The van der Waals surface area contributed by atoms with E-state index in [4.69, 9.17) is 10.6 Å². The number of hydrogen-bond acceptors (Lipinski definition) is 2. The van der Waals surface area contributed by atoms with Crippen molar-refractivity contribution in [3.63, 3.8) is 0 Å². The second-order valence-corrected chi connectivity index (χ2v) is 4.39. The van der Waals surface area contributed by atoms with Gasteiger partial charge in [-0.15, -0.1) is 10.5 Å². The molecular weight excluding hydrogens is 208 g/mol. The normalized spacial score (nSPS) is 18.6. The maximum atomic E-state index is 10.8. The highest BCUT2D eigenvalue weighted by Gasteiger charge is 2.26. The van der Waals surface area contributed by atoms with Gasteiger partial charge in [0.2, 0.25) is 0 Å². The van der Waals surface area contributed by atoms with Gasteiger partial charge in [-0.1, -0.05) is 32.1 Å². The van der Waals surface area contributed by atoms with Crippen LogP contribution >= 0.6 is 0 Å². The highest BCUT2D eigenvalue weighted by molar-refractivity contribution is 5.64. The summed E-state index contributed by atoms with van der Waals surface area (Å²) < 4.78 is 0. The first-order chi connectivity index (χ1) is 7.65. The Kier molecular flexibility index (Phi) is 4.92. The van der Waals surface area contributed by atoms with E-state index in [1.165, 1.54) is 19.3 Å². The maximum Gasteiger partial charge on any atom is 0.508 e. The predicted molar refractivity (Wildman–Crippen MR) is 59.7 cm³/mol. The van der Waals surface area contributed by atoms with Gasteiger partial charge in [-0.05, 0) is 24.5 Å². The lowest BCUT2D eigenvalue weighted by molar-refractivity contribution is 0.118. The van der Waals surface area contributed by atoms with Crippen molar-refractivity contribution in [2.75, 3.05) is 0 Å². The minimum atomic E-state index is -1.18. The molecule has 6 nitrogen and oxygen atoms in total. The molecule has 0 aliphatic heterocycles. The number of hydrogen-bond donors (Lipinski definition) is 1. The Morgan fingerprint density at radius 1 is 1.56 bits per heavy atom. The lowest BCUT2D eigenvalue weighted by atomic mass is 9.85. The van der Waals surface area contributed by atoms with Crippen LogP contribution in [0.25, 0.3) is 10.4 Å². The monoisotopic (exact) mass is 226 g/mol. The molecule has 1 amide bonds. The molecule has 0 saturated heterocycles. The minimum Gasteiger partial charge on any atom is -0.446 e. The van der Waals surface area contributed by atoms with Gasteiger partial charge in [-0.25, -0.2) is 0 Å². The van der Waals surface area contributed by atoms with Crippen LogP contribution in [0.4, 0.5) is 4.79 Å². The molecule has 1 fully saturated rings. The van der Waals surface area contributed by atoms with Crippen LogP contribution in [-0.4, -0.2) is 22.3 Å². The van der Waals surface area contributed by atoms with E-state index in [1.54, 1.807) is 6.92 Å². The fourth-order valence-corrected chi connectivity index (χ4v) is 2.36. The van der Waals surface area contributed by atoms with Crippen molar-refractivity contribution >= 4 is 6.09 Å². The molecule has 90 valence electrons. The molecule has 1 saturated carbocycles. The quantitative estimate of drug-likeness (QED) is 0.343. The summed E-state index contributed by atoms with van der Waals surface area (Å²) in [5, 5.41) is 12.9. The van der Waals surface area contributed by atoms with E-state index in [-0.39, 0.29) is 6.04 Å². The topological polar surface area (TPSA) is 89.3 Å². The van der Waals surface area contributed by atoms with Gasteiger partial charge >= 0.3 is 6.09 Å². The number of carbonyl (C=O) groups is 1. The maximum absolute atomic E-state index is 10.8. The lowest BCUT2D eigenvalue weighted by Gasteiger charge is -2.25. The number of carboxylic acid groups (broad SMARTS) is 1. The van der Waals surface area contributed by atoms with Crippen molar-refractivity contribution in [1.82, 2.24) is 5.01 Å². The van der Waals surface area contributed by atoms with Crippen LogP contribution in [0.2, 0.25) is 0 Å². The van der Waals surface area contributed by atoms with Crippen molar-refractivity contribution in [3.8, 4) is 0 Å². The molecule has 1 N–H and O–H groups in total. The van der Waals surface area contributed by atoms with Gasteiger partial charge < -0.3 is 5.11 Å². The standard InChI is InChI=1S/C10H18N4O2/c1-8(14(10(15)16)13-12-11)7-9-5-3-2-4-6-9/h8-9H,2-7H2,1H3,(H,15,16). The van der Waals surface area contributed by atoms with Crippen LogP contribution in [0, 0.1) is 5.92 Å². The summed E-state index contributed by atoms with van der Waals surface area (Å²) in [7, 11) is 0. The zero-order valence-electron chi connectivity index (χ0n) is 9.54. The number of azide groups is 1. The van der Waals surface area contributed by atoms with Gasteiger partial charge in [-0.2, -0.15) is 9.71 Å². The largest absolute Gasteiger partial charge is 0.508 e. The molecule has 0 radical (unpaired) electrons. The molecule has 1 rings (SSSR count). The summed E-state index contributed by atoms with van der Waals surface area (Å²) in [6.45, 7) is 1.79. The molecule has 6 heteroatoms. The molecule has 1 aliphatic rings. The minimum absolute atomic E-state index is 0.239. The van der Waals surface area contributed by atoms with Crippen LogP contribution < -0.4 is 0 Å². The van der Waals surface area contributed by atoms with E-state index in [9.17, 15) is 4.79 Å². The van der Waals surface area contributed by atoms with Crippen molar-refractivity contribution in [2.24, 2.45) is 11.1 Å². The zero-order chi connectivity index (χ0) is 12.0. The predicted octanol–water partition coefficient (Wildman–Crippen LogP) is 3.55. The van der Waals surface area contributed by atoms with Gasteiger partial charge in [0.05, 0.1) is 0 Å². The summed E-state index contributed by atoms with van der Waals surface area (Å²) in [6, 6.07) is -0.239. The van der Waals surface area contributed by atoms with Crippen LogP contribution in [0.15, 0.2) is 5.22 Å². The van der Waals surface area contributed by atoms with E-state index in [0.717, 1.165) is 24.3 Å². The second-order valence-electron chi connectivity index (χ2n) is 4.39. The Bertz CT molecular complexity index is 281. The molecule has 0 bridgehead atoms. The molecule has 1 atom stereocenters. The molecule has 16 heavy (non-hydrogen) atoms. The van der Waals surface area contributed by atoms with E-state index in [2.05, 4.69) is 10.1 Å². The summed E-state index contributed by atoms with van der Waals surface area (Å²) in [5.41, 5.74) is 8.29. The fourth-order valence-electron chi connectivity index (χ4n) is 2.36. The van der Waals surface area contributed by atoms with E-state index >= 15 is 0 Å². The third kappa shape index (κ3) is 3.62. The van der Waals surface area contributed by atoms with E-state index in [0.29, 0.717) is 5.92 Å². The number of amides is 1. The second kappa shape index (κ2) is 6.23. The zero-order valence-corrected chi connectivity index (χ0v) is 9.54. The van der Waals surface area contributed by atoms with Gasteiger partial charge in [0.1, 0.15) is 6.04 Å². The average molecular weight is 226 g/mol. The molecule has 0 aromatic rings. The van der Waals surface area contributed by atoms with Gasteiger partial charge in [0, 0.05) is 0 Å². The molecular formula is C10H18N4O2. The highest BCUT2D eigenvalue weighted by Crippen LogP contribution is 2.28. The molecule has 1 unspecified atom stereocenters. The highest BCUT2D eigenvalue weighted by atomic mass is 16.4. The van der Waals surface area contributed by atoms with Crippen LogP contribution in [0.1, 0.15) is 45.4 Å². The van der Waals surface area contributed by atoms with E-state index < -0.39 is 6.09 Å². The van der Waals surface area contributed by atoms with Crippen molar-refractivity contribution in [1.29, 1.82) is 0 Å². The van der Waals surface area contributed by atoms with Gasteiger partial charge in [0.15, 0.2) is 0 Å².